The van der Waals surface area contributed by atoms with Crippen LogP contribution in [-0.4, -0.2) is 67.0 Å². The lowest BCUT2D eigenvalue weighted by Crippen LogP contribution is -2.40. The molecule has 2 aliphatic rings. The summed E-state index contributed by atoms with van der Waals surface area (Å²) < 4.78 is 33.0. The first-order chi connectivity index (χ1) is 15.0. The van der Waals surface area contributed by atoms with E-state index in [-0.39, 0.29) is 16.7 Å². The Labute approximate surface area is 183 Å². The Kier molecular flexibility index (Phi) is 6.62. The number of carbonyl (C=O) groups excluding carboxylic acids is 1. The molecule has 1 atom stereocenters. The van der Waals surface area contributed by atoms with Crippen molar-refractivity contribution in [2.24, 2.45) is 0 Å². The molecule has 1 amide bonds. The highest BCUT2D eigenvalue weighted by Gasteiger charge is 2.34. The number of ether oxygens (including phenoxy) is 1. The molecule has 0 aliphatic carbocycles. The number of hydrogen-bond donors (Lipinski definition) is 1. The molecule has 1 aromatic carbocycles. The van der Waals surface area contributed by atoms with E-state index in [1.807, 2.05) is 4.90 Å². The largest absolute Gasteiger partial charge is 0.497 e. The highest BCUT2D eigenvalue weighted by atomic mass is 32.2. The molecule has 31 heavy (non-hydrogen) atoms. The molecular formula is C22H30N4O4S. The number of methoxy groups -OCH3 is 1. The van der Waals surface area contributed by atoms with Crippen LogP contribution in [0.25, 0.3) is 0 Å². The van der Waals surface area contributed by atoms with E-state index in [4.69, 9.17) is 4.74 Å². The lowest BCUT2D eigenvalue weighted by Gasteiger charge is -2.32. The maximum Gasteiger partial charge on any atom is 0.257 e. The highest BCUT2D eigenvalue weighted by Crippen LogP contribution is 2.32. The Balaban J connectivity index is 1.52. The third-order valence-electron chi connectivity index (χ3n) is 6.28. The van der Waals surface area contributed by atoms with E-state index in [0.717, 1.165) is 57.3 Å². The first kappa shape index (κ1) is 21.8. The average Bonchev–Trinajstić information content (AvgIpc) is 3.13. The fourth-order valence-corrected chi connectivity index (χ4v) is 6.04. The number of rotatable bonds is 5. The standard InChI is InChI=1S/C22H30N4O4S/c1-30-18-8-10-19(11-9-18)31(28,29)26-14-6-7-17(16-26)21-20(15-23-24-21)22(27)25-12-4-2-3-5-13-25/h8-11,15,17H,2-7,12-14,16H2,1H3,(H,23,24)/t17-/m1/s1. The Hall–Kier alpha value is -2.39. The number of benzene rings is 1. The lowest BCUT2D eigenvalue weighted by atomic mass is 9.93. The van der Waals surface area contributed by atoms with Crippen LogP contribution >= 0.6 is 0 Å². The first-order valence-corrected chi connectivity index (χ1v) is 12.4. The molecule has 1 N–H and O–H groups in total. The third kappa shape index (κ3) is 4.62. The van der Waals surface area contributed by atoms with Crippen LogP contribution in [0.1, 0.15) is 60.5 Å². The fourth-order valence-electron chi connectivity index (χ4n) is 4.51. The van der Waals surface area contributed by atoms with Gasteiger partial charge in [0.05, 0.1) is 29.5 Å². The number of likely N-dealkylation sites (tertiary alicyclic amines) is 1. The topological polar surface area (TPSA) is 95.6 Å². The van der Waals surface area contributed by atoms with Crippen LogP contribution < -0.4 is 4.74 Å². The molecule has 2 fully saturated rings. The van der Waals surface area contributed by atoms with Gasteiger partial charge in [-0.25, -0.2) is 8.42 Å². The normalized spacial score (nSPS) is 20.9. The zero-order chi connectivity index (χ0) is 21.8. The molecule has 2 aliphatic heterocycles. The maximum atomic E-state index is 13.2. The minimum atomic E-state index is -3.62. The van der Waals surface area contributed by atoms with Crippen molar-refractivity contribution in [3.05, 3.63) is 41.7 Å². The summed E-state index contributed by atoms with van der Waals surface area (Å²) in [5.74, 6) is 0.528. The van der Waals surface area contributed by atoms with E-state index in [2.05, 4.69) is 10.2 Å². The second-order valence-corrected chi connectivity index (χ2v) is 10.2. The van der Waals surface area contributed by atoms with Gasteiger partial charge in [0.1, 0.15) is 5.75 Å². The second-order valence-electron chi connectivity index (χ2n) is 8.28. The van der Waals surface area contributed by atoms with Gasteiger partial charge in [-0.1, -0.05) is 12.8 Å². The smallest absolute Gasteiger partial charge is 0.257 e. The molecule has 1 aromatic heterocycles. The van der Waals surface area contributed by atoms with Gasteiger partial charge in [0.25, 0.3) is 5.91 Å². The zero-order valence-electron chi connectivity index (χ0n) is 17.9. The van der Waals surface area contributed by atoms with Gasteiger partial charge < -0.3 is 9.64 Å². The van der Waals surface area contributed by atoms with Gasteiger partial charge in [-0.3, -0.25) is 9.89 Å². The minimum Gasteiger partial charge on any atom is -0.497 e. The Morgan fingerprint density at radius 3 is 2.45 bits per heavy atom. The number of piperidine rings is 1. The van der Waals surface area contributed by atoms with Crippen molar-refractivity contribution in [1.82, 2.24) is 19.4 Å². The zero-order valence-corrected chi connectivity index (χ0v) is 18.7. The van der Waals surface area contributed by atoms with Crippen LogP contribution in [0, 0.1) is 0 Å². The van der Waals surface area contributed by atoms with Gasteiger partial charge >= 0.3 is 0 Å². The first-order valence-electron chi connectivity index (χ1n) is 11.0. The third-order valence-corrected chi connectivity index (χ3v) is 8.16. The molecule has 3 heterocycles. The van der Waals surface area contributed by atoms with Crippen molar-refractivity contribution < 1.29 is 17.9 Å². The van der Waals surface area contributed by atoms with Gasteiger partial charge in [0.15, 0.2) is 0 Å². The highest BCUT2D eigenvalue weighted by molar-refractivity contribution is 7.89. The summed E-state index contributed by atoms with van der Waals surface area (Å²) in [4.78, 5) is 15.3. The Bertz CT molecular complexity index is 995. The van der Waals surface area contributed by atoms with E-state index in [9.17, 15) is 13.2 Å². The van der Waals surface area contributed by atoms with E-state index >= 15 is 0 Å². The molecule has 9 heteroatoms. The maximum absolute atomic E-state index is 13.2. The number of aromatic amines is 1. The number of nitrogens with zero attached hydrogens (tertiary/aromatic N) is 3. The molecule has 0 unspecified atom stereocenters. The predicted octanol–water partition coefficient (Wildman–Crippen LogP) is 3.00. The van der Waals surface area contributed by atoms with Crippen molar-refractivity contribution in [3.63, 3.8) is 0 Å². The molecule has 4 rings (SSSR count). The fraction of sp³-hybridized carbons (Fsp3) is 0.545. The van der Waals surface area contributed by atoms with E-state index in [0.29, 0.717) is 24.4 Å². The number of H-pyrrole nitrogens is 1. The number of nitrogens with one attached hydrogen (secondary N) is 1. The van der Waals surface area contributed by atoms with Crippen LogP contribution in [0.2, 0.25) is 0 Å². The van der Waals surface area contributed by atoms with Crippen LogP contribution in [0.3, 0.4) is 0 Å². The molecule has 8 nitrogen and oxygen atoms in total. The Morgan fingerprint density at radius 2 is 1.77 bits per heavy atom. The number of aromatic nitrogens is 2. The van der Waals surface area contributed by atoms with E-state index < -0.39 is 10.0 Å². The second kappa shape index (κ2) is 9.40. The summed E-state index contributed by atoms with van der Waals surface area (Å²) >= 11 is 0. The van der Waals surface area contributed by atoms with Crippen molar-refractivity contribution in [2.75, 3.05) is 33.3 Å². The molecule has 0 radical (unpaired) electrons. The van der Waals surface area contributed by atoms with E-state index in [1.54, 1.807) is 37.6 Å². The Morgan fingerprint density at radius 1 is 1.06 bits per heavy atom. The molecule has 0 spiro atoms. The average molecular weight is 447 g/mol. The van der Waals surface area contributed by atoms with Gasteiger partial charge in [-0.2, -0.15) is 9.40 Å². The van der Waals surface area contributed by atoms with Crippen LogP contribution in [0.4, 0.5) is 0 Å². The van der Waals surface area contributed by atoms with Crippen LogP contribution in [-0.2, 0) is 10.0 Å². The van der Waals surface area contributed by atoms with E-state index in [1.165, 1.54) is 4.31 Å². The van der Waals surface area contributed by atoms with Gasteiger partial charge in [-0.05, 0) is 49.9 Å². The van der Waals surface area contributed by atoms with Crippen molar-refractivity contribution >= 4 is 15.9 Å². The summed E-state index contributed by atoms with van der Waals surface area (Å²) in [7, 11) is -2.07. The molecule has 0 saturated carbocycles. The SMILES string of the molecule is COc1ccc(S(=O)(=O)N2CCC[C@@H](c3[nH]ncc3C(=O)N3CCCCCC3)C2)cc1. The number of carbonyl (C=O) groups is 1. The predicted molar refractivity (Wildman–Crippen MR) is 117 cm³/mol. The van der Waals surface area contributed by atoms with Gasteiger partial charge in [0, 0.05) is 32.1 Å². The summed E-state index contributed by atoms with van der Waals surface area (Å²) in [5.41, 5.74) is 1.33. The quantitative estimate of drug-likeness (QED) is 0.762. The minimum absolute atomic E-state index is 0.000727. The van der Waals surface area contributed by atoms with Gasteiger partial charge in [-0.15, -0.1) is 0 Å². The van der Waals surface area contributed by atoms with Crippen molar-refractivity contribution in [3.8, 4) is 5.75 Å². The number of hydrogen-bond acceptors (Lipinski definition) is 5. The monoisotopic (exact) mass is 446 g/mol. The molecule has 0 bridgehead atoms. The summed E-state index contributed by atoms with van der Waals surface area (Å²) in [6.07, 6.45) is 7.51. The van der Waals surface area contributed by atoms with Crippen LogP contribution in [0.15, 0.2) is 35.4 Å². The lowest BCUT2D eigenvalue weighted by molar-refractivity contribution is 0.0759. The number of sulfonamides is 1. The summed E-state index contributed by atoms with van der Waals surface area (Å²) in [6.45, 7) is 2.34. The van der Waals surface area contributed by atoms with Crippen molar-refractivity contribution in [2.45, 2.75) is 49.3 Å². The molecule has 2 saturated heterocycles. The molecule has 2 aromatic rings. The summed E-state index contributed by atoms with van der Waals surface area (Å²) in [6, 6.07) is 6.45. The molecule has 168 valence electrons. The van der Waals surface area contributed by atoms with Crippen molar-refractivity contribution in [1.29, 1.82) is 0 Å². The number of amides is 1. The summed E-state index contributed by atoms with van der Waals surface area (Å²) in [5, 5.41) is 7.15. The van der Waals surface area contributed by atoms with Gasteiger partial charge in [0.2, 0.25) is 10.0 Å². The molecular weight excluding hydrogens is 416 g/mol. The van der Waals surface area contributed by atoms with Crippen LogP contribution in [0.5, 0.6) is 5.75 Å².